The molecule has 0 radical (unpaired) electrons. The van der Waals surface area contributed by atoms with Crippen LogP contribution in [0.15, 0.2) is 53.6 Å². The number of hydrogen-bond donors (Lipinski definition) is 0. The Labute approximate surface area is 186 Å². The molecule has 9 heteroatoms. The summed E-state index contributed by atoms with van der Waals surface area (Å²) < 4.78 is 76.5. The van der Waals surface area contributed by atoms with Crippen LogP contribution in [0.5, 0.6) is 11.5 Å². The first-order valence-electron chi connectivity index (χ1n) is 9.68. The molecule has 3 unspecified atom stereocenters. The van der Waals surface area contributed by atoms with Gasteiger partial charge in [-0.15, -0.1) is 0 Å². The molecule has 1 saturated carbocycles. The monoisotopic (exact) mass is 474 g/mol. The Kier molecular flexibility index (Phi) is 6.56. The fourth-order valence-corrected chi connectivity index (χ4v) is 3.65. The number of benzene rings is 2. The average molecular weight is 475 g/mol. The number of ether oxygens (including phenoxy) is 2. The molecule has 3 rings (SSSR count). The summed E-state index contributed by atoms with van der Waals surface area (Å²) in [6, 6.07) is 8.98. The van der Waals surface area contributed by atoms with Crippen molar-refractivity contribution in [3.8, 4) is 11.5 Å². The van der Waals surface area contributed by atoms with E-state index in [1.807, 2.05) is 0 Å². The molecule has 1 aliphatic rings. The number of hydrogen-bond acceptors (Lipinski definition) is 3. The largest absolute Gasteiger partial charge is 0.458 e. The predicted octanol–water partition coefficient (Wildman–Crippen LogP) is 7.32. The highest BCUT2D eigenvalue weighted by atomic mass is 35.5. The minimum atomic E-state index is -4.69. The Balaban J connectivity index is 1.72. The van der Waals surface area contributed by atoms with Gasteiger partial charge in [-0.1, -0.05) is 43.7 Å². The van der Waals surface area contributed by atoms with E-state index >= 15 is 0 Å². The van der Waals surface area contributed by atoms with E-state index in [4.69, 9.17) is 21.1 Å². The summed E-state index contributed by atoms with van der Waals surface area (Å²) in [6.45, 7) is 4.84. The predicted molar refractivity (Wildman–Crippen MR) is 108 cm³/mol. The second kappa shape index (κ2) is 8.73. The van der Waals surface area contributed by atoms with Crippen LogP contribution in [0.25, 0.3) is 0 Å². The molecule has 0 saturated heterocycles. The van der Waals surface area contributed by atoms with Crippen LogP contribution in [0.2, 0.25) is 0 Å². The Morgan fingerprint density at radius 3 is 2.47 bits per heavy atom. The Bertz CT molecular complexity index is 1050. The van der Waals surface area contributed by atoms with Gasteiger partial charge in [0.25, 0.3) is 0 Å². The smallest absolute Gasteiger partial charge is 0.426 e. The molecule has 0 bridgehead atoms. The lowest BCUT2D eigenvalue weighted by Gasteiger charge is -2.16. The maximum absolute atomic E-state index is 14.2. The third-order valence-corrected chi connectivity index (χ3v) is 5.84. The van der Waals surface area contributed by atoms with E-state index in [9.17, 15) is 26.7 Å². The fraction of sp³-hybridized carbons (Fsp3) is 0.348. The van der Waals surface area contributed by atoms with Crippen molar-refractivity contribution in [1.29, 1.82) is 0 Å². The van der Waals surface area contributed by atoms with Gasteiger partial charge >= 0.3 is 12.1 Å². The number of esters is 1. The molecule has 1 fully saturated rings. The second-order valence-electron chi connectivity index (χ2n) is 8.17. The standard InChI is InChI=1S/C23H20ClF5O3/c1-12(31-21(30)20-16(22(20,2)3)11-19(24)23(27,28)29)13-7-8-17(26)18(9-13)32-15-6-4-5-14(25)10-15/h4-12,16,20H,1-3H3. The molecular formula is C23H20ClF5O3. The number of rotatable bonds is 6. The van der Waals surface area contributed by atoms with Crippen LogP contribution in [0.1, 0.15) is 32.4 Å². The number of halogens is 6. The number of carbonyl (C=O) groups is 1. The molecule has 1 aliphatic carbocycles. The zero-order chi connectivity index (χ0) is 23.8. The topological polar surface area (TPSA) is 35.5 Å². The summed E-state index contributed by atoms with van der Waals surface area (Å²) in [5.74, 6) is -3.58. The van der Waals surface area contributed by atoms with Gasteiger partial charge in [0, 0.05) is 6.07 Å². The molecule has 32 heavy (non-hydrogen) atoms. The van der Waals surface area contributed by atoms with E-state index in [1.165, 1.54) is 30.3 Å². The molecule has 0 heterocycles. The molecule has 0 aliphatic heterocycles. The molecule has 2 aromatic rings. The summed E-state index contributed by atoms with van der Waals surface area (Å²) in [5.41, 5.74) is -0.360. The summed E-state index contributed by atoms with van der Waals surface area (Å²) in [4.78, 5) is 12.6. The maximum Gasteiger partial charge on any atom is 0.426 e. The third kappa shape index (κ3) is 5.23. The first-order valence-corrected chi connectivity index (χ1v) is 10.1. The SMILES string of the molecule is CC(OC(=O)C1C(C=C(Cl)C(F)(F)F)C1(C)C)c1ccc(F)c(Oc2cccc(F)c2)c1. The van der Waals surface area contributed by atoms with Crippen molar-refractivity contribution in [2.75, 3.05) is 0 Å². The molecule has 2 aromatic carbocycles. The zero-order valence-electron chi connectivity index (χ0n) is 17.3. The van der Waals surface area contributed by atoms with Gasteiger partial charge < -0.3 is 9.47 Å². The van der Waals surface area contributed by atoms with E-state index < -0.39 is 52.2 Å². The van der Waals surface area contributed by atoms with Crippen LogP contribution in [0, 0.1) is 28.9 Å². The molecule has 3 atom stereocenters. The highest BCUT2D eigenvalue weighted by Crippen LogP contribution is 2.60. The van der Waals surface area contributed by atoms with E-state index in [0.29, 0.717) is 5.56 Å². The van der Waals surface area contributed by atoms with Crippen LogP contribution in [0.3, 0.4) is 0 Å². The first-order chi connectivity index (χ1) is 14.8. The summed E-state index contributed by atoms with van der Waals surface area (Å²) in [5, 5.41) is -1.28. The van der Waals surface area contributed by atoms with Crippen molar-refractivity contribution < 1.29 is 36.2 Å². The van der Waals surface area contributed by atoms with Crippen LogP contribution >= 0.6 is 11.6 Å². The Morgan fingerprint density at radius 2 is 1.84 bits per heavy atom. The molecule has 0 aromatic heterocycles. The van der Waals surface area contributed by atoms with Crippen LogP contribution in [0.4, 0.5) is 22.0 Å². The van der Waals surface area contributed by atoms with Crippen molar-refractivity contribution in [3.05, 3.63) is 70.8 Å². The molecule has 3 nitrogen and oxygen atoms in total. The lowest BCUT2D eigenvalue weighted by Crippen LogP contribution is -2.14. The summed E-state index contributed by atoms with van der Waals surface area (Å²) in [6.07, 6.45) is -4.69. The number of carbonyl (C=O) groups excluding carboxylic acids is 1. The zero-order valence-corrected chi connectivity index (χ0v) is 18.1. The third-order valence-electron chi connectivity index (χ3n) is 5.50. The highest BCUT2D eigenvalue weighted by molar-refractivity contribution is 6.30. The van der Waals surface area contributed by atoms with Crippen molar-refractivity contribution in [3.63, 3.8) is 0 Å². The van der Waals surface area contributed by atoms with Gasteiger partial charge in [0.1, 0.15) is 22.7 Å². The number of alkyl halides is 3. The summed E-state index contributed by atoms with van der Waals surface area (Å²) >= 11 is 5.31. The van der Waals surface area contributed by atoms with Gasteiger partial charge in [-0.05, 0) is 48.1 Å². The normalized spacial score (nSPS) is 21.1. The Hall–Kier alpha value is -2.61. The Morgan fingerprint density at radius 1 is 1.16 bits per heavy atom. The van der Waals surface area contributed by atoms with Crippen LogP contribution in [-0.4, -0.2) is 12.1 Å². The van der Waals surface area contributed by atoms with Crippen LogP contribution < -0.4 is 4.74 Å². The van der Waals surface area contributed by atoms with Crippen molar-refractivity contribution in [1.82, 2.24) is 0 Å². The maximum atomic E-state index is 14.2. The second-order valence-corrected chi connectivity index (χ2v) is 8.57. The van der Waals surface area contributed by atoms with E-state index in [1.54, 1.807) is 20.8 Å². The minimum Gasteiger partial charge on any atom is -0.458 e. The van der Waals surface area contributed by atoms with Gasteiger partial charge in [-0.3, -0.25) is 4.79 Å². The lowest BCUT2D eigenvalue weighted by atomic mass is 10.1. The first kappa shape index (κ1) is 24.0. The highest BCUT2D eigenvalue weighted by Gasteiger charge is 2.62. The van der Waals surface area contributed by atoms with Crippen molar-refractivity contribution >= 4 is 17.6 Å². The fourth-order valence-electron chi connectivity index (χ4n) is 3.52. The molecule has 0 spiro atoms. The number of allylic oxidation sites excluding steroid dienone is 2. The van der Waals surface area contributed by atoms with Gasteiger partial charge in [0.15, 0.2) is 11.6 Å². The molecule has 172 valence electrons. The van der Waals surface area contributed by atoms with E-state index in [2.05, 4.69) is 0 Å². The van der Waals surface area contributed by atoms with Crippen molar-refractivity contribution in [2.45, 2.75) is 33.1 Å². The van der Waals surface area contributed by atoms with Crippen LogP contribution in [-0.2, 0) is 9.53 Å². The molecule has 0 N–H and O–H groups in total. The van der Waals surface area contributed by atoms with Gasteiger partial charge in [-0.25, -0.2) is 8.78 Å². The van der Waals surface area contributed by atoms with Gasteiger partial charge in [0.2, 0.25) is 0 Å². The van der Waals surface area contributed by atoms with E-state index in [-0.39, 0.29) is 11.5 Å². The molecule has 0 amide bonds. The van der Waals surface area contributed by atoms with Crippen molar-refractivity contribution in [2.24, 2.45) is 17.3 Å². The quantitative estimate of drug-likeness (QED) is 0.325. The van der Waals surface area contributed by atoms with Gasteiger partial charge in [0.05, 0.1) is 5.92 Å². The minimum absolute atomic E-state index is 0.0848. The summed E-state index contributed by atoms with van der Waals surface area (Å²) in [7, 11) is 0. The average Bonchev–Trinajstić information content (AvgIpc) is 3.22. The molecular weight excluding hydrogens is 455 g/mol. The lowest BCUT2D eigenvalue weighted by molar-refractivity contribution is -0.151. The van der Waals surface area contributed by atoms with E-state index in [0.717, 1.165) is 18.2 Å². The van der Waals surface area contributed by atoms with Gasteiger partial charge in [-0.2, -0.15) is 13.2 Å².